The maximum atomic E-state index is 15.2. The van der Waals surface area contributed by atoms with Crippen molar-refractivity contribution in [2.75, 3.05) is 20.6 Å². The van der Waals surface area contributed by atoms with E-state index in [1.807, 2.05) is 12.1 Å². The van der Waals surface area contributed by atoms with Crippen LogP contribution in [0.25, 0.3) is 0 Å². The first kappa shape index (κ1) is 25.0. The van der Waals surface area contributed by atoms with Gasteiger partial charge in [-0.25, -0.2) is 4.39 Å². The van der Waals surface area contributed by atoms with Gasteiger partial charge < -0.3 is 14.5 Å². The highest BCUT2D eigenvalue weighted by molar-refractivity contribution is 6.31. The van der Waals surface area contributed by atoms with Crippen LogP contribution >= 0.6 is 23.2 Å². The molecule has 5 nitrogen and oxygen atoms in total. The minimum absolute atomic E-state index is 0.0243. The van der Waals surface area contributed by atoms with E-state index in [1.54, 1.807) is 50.5 Å². The normalized spacial score (nSPS) is 16.1. The minimum Gasteiger partial charge on any atom is -0.478 e. The number of likely N-dealkylation sites (N-methyl/N-ethyl adjacent to an activating group) is 1. The zero-order chi connectivity index (χ0) is 25.1. The number of carbonyl (C=O) groups excluding carboxylic acids is 2. The highest BCUT2D eigenvalue weighted by Gasteiger charge is 2.35. The molecule has 0 radical (unpaired) electrons. The molecule has 1 heterocycles. The van der Waals surface area contributed by atoms with Crippen LogP contribution in [0.1, 0.15) is 40.4 Å². The highest BCUT2D eigenvalue weighted by Crippen LogP contribution is 2.35. The van der Waals surface area contributed by atoms with Crippen LogP contribution in [-0.4, -0.2) is 48.3 Å². The molecule has 3 aromatic rings. The van der Waals surface area contributed by atoms with Crippen molar-refractivity contribution in [3.8, 4) is 5.75 Å². The van der Waals surface area contributed by atoms with Crippen molar-refractivity contribution >= 4 is 35.0 Å². The molecule has 0 saturated carbocycles. The third kappa shape index (κ3) is 5.44. The first-order valence-corrected chi connectivity index (χ1v) is 12.0. The predicted octanol–water partition coefficient (Wildman–Crippen LogP) is 5.99. The van der Waals surface area contributed by atoms with Crippen LogP contribution in [0.5, 0.6) is 5.75 Å². The van der Waals surface area contributed by atoms with Gasteiger partial charge in [0.25, 0.3) is 5.91 Å². The smallest absolute Gasteiger partial charge is 0.254 e. The average molecular weight is 515 g/mol. The molecule has 1 fully saturated rings. The Balaban J connectivity index is 1.61. The summed E-state index contributed by atoms with van der Waals surface area (Å²) in [4.78, 5) is 28.6. The maximum absolute atomic E-state index is 15.2. The van der Waals surface area contributed by atoms with Crippen molar-refractivity contribution in [2.24, 2.45) is 0 Å². The van der Waals surface area contributed by atoms with Crippen LogP contribution < -0.4 is 4.74 Å². The second-order valence-corrected chi connectivity index (χ2v) is 9.45. The van der Waals surface area contributed by atoms with Gasteiger partial charge in [0, 0.05) is 41.8 Å². The molecule has 35 heavy (non-hydrogen) atoms. The van der Waals surface area contributed by atoms with Gasteiger partial charge >= 0.3 is 0 Å². The van der Waals surface area contributed by atoms with Crippen LogP contribution in [0, 0.1) is 5.82 Å². The van der Waals surface area contributed by atoms with Crippen LogP contribution in [0.4, 0.5) is 4.39 Å². The van der Waals surface area contributed by atoms with Crippen LogP contribution in [0.15, 0.2) is 66.7 Å². The minimum atomic E-state index is -0.697. The number of benzene rings is 3. The van der Waals surface area contributed by atoms with E-state index in [1.165, 1.54) is 21.9 Å². The maximum Gasteiger partial charge on any atom is 0.254 e. The summed E-state index contributed by atoms with van der Waals surface area (Å²) in [6, 6.07) is 17.8. The Hall–Kier alpha value is -3.09. The Morgan fingerprint density at radius 2 is 1.77 bits per heavy atom. The van der Waals surface area contributed by atoms with Crippen LogP contribution in [-0.2, 0) is 4.79 Å². The molecule has 0 spiro atoms. The summed E-state index contributed by atoms with van der Waals surface area (Å²) in [7, 11) is 3.32. The second-order valence-electron chi connectivity index (χ2n) is 8.61. The van der Waals surface area contributed by atoms with Crippen molar-refractivity contribution < 1.29 is 18.7 Å². The summed E-state index contributed by atoms with van der Waals surface area (Å²) in [5.41, 5.74) is 1.57. The SMILES string of the molecule is CN(C)C(=O)C1CCCN1C(=O)c1ccc(OC(c2ccc(Cl)cc2)c2ccccc2Cl)c(F)c1. The van der Waals surface area contributed by atoms with Crippen molar-refractivity contribution in [3.05, 3.63) is 99.3 Å². The molecular weight excluding hydrogens is 490 g/mol. The van der Waals surface area contributed by atoms with E-state index in [0.29, 0.717) is 28.6 Å². The second kappa shape index (κ2) is 10.7. The summed E-state index contributed by atoms with van der Waals surface area (Å²) in [5.74, 6) is -1.23. The predicted molar refractivity (Wildman–Crippen MR) is 135 cm³/mol. The van der Waals surface area contributed by atoms with Gasteiger partial charge in [-0.1, -0.05) is 53.5 Å². The van der Waals surface area contributed by atoms with Crippen molar-refractivity contribution in [1.29, 1.82) is 0 Å². The summed E-state index contributed by atoms with van der Waals surface area (Å²) in [6.45, 7) is 0.452. The summed E-state index contributed by atoms with van der Waals surface area (Å²) in [6.07, 6.45) is 0.616. The lowest BCUT2D eigenvalue weighted by molar-refractivity contribution is -0.132. The average Bonchev–Trinajstić information content (AvgIpc) is 3.33. The molecular formula is C27H25Cl2FN2O3. The Morgan fingerprint density at radius 1 is 1.06 bits per heavy atom. The number of ether oxygens (including phenoxy) is 1. The van der Waals surface area contributed by atoms with Crippen LogP contribution in [0.3, 0.4) is 0 Å². The number of halogens is 3. The number of hydrogen-bond acceptors (Lipinski definition) is 3. The lowest BCUT2D eigenvalue weighted by Gasteiger charge is -2.26. The fraction of sp³-hybridized carbons (Fsp3) is 0.259. The molecule has 2 atom stereocenters. The molecule has 182 valence electrons. The van der Waals surface area contributed by atoms with E-state index < -0.39 is 18.0 Å². The number of likely N-dealkylation sites (tertiary alicyclic amines) is 1. The van der Waals surface area contributed by atoms with E-state index in [9.17, 15) is 9.59 Å². The van der Waals surface area contributed by atoms with Gasteiger partial charge in [0.2, 0.25) is 5.91 Å². The number of carbonyl (C=O) groups is 2. The van der Waals surface area contributed by atoms with Crippen molar-refractivity contribution in [1.82, 2.24) is 9.80 Å². The van der Waals surface area contributed by atoms with Gasteiger partial charge in [0.05, 0.1) is 0 Å². The number of amides is 2. The standard InChI is InChI=1S/C27H25Cl2FN2O3/c1-31(2)27(34)23-8-5-15-32(23)26(33)18-11-14-24(22(30)16-18)35-25(17-9-12-19(28)13-10-17)20-6-3-4-7-21(20)29/h3-4,6-7,9-14,16,23,25H,5,8,15H2,1-2H3. The first-order chi connectivity index (χ1) is 16.8. The van der Waals surface area contributed by atoms with Gasteiger partial charge in [-0.15, -0.1) is 0 Å². The van der Waals surface area contributed by atoms with Crippen molar-refractivity contribution in [3.63, 3.8) is 0 Å². The molecule has 0 bridgehead atoms. The molecule has 0 aromatic heterocycles. The van der Waals surface area contributed by atoms with Crippen molar-refractivity contribution in [2.45, 2.75) is 25.0 Å². The zero-order valence-corrected chi connectivity index (χ0v) is 20.9. The lowest BCUT2D eigenvalue weighted by Crippen LogP contribution is -2.45. The molecule has 4 rings (SSSR count). The van der Waals surface area contributed by atoms with E-state index in [-0.39, 0.29) is 23.1 Å². The highest BCUT2D eigenvalue weighted by atomic mass is 35.5. The largest absolute Gasteiger partial charge is 0.478 e. The van der Waals surface area contributed by atoms with E-state index in [4.69, 9.17) is 27.9 Å². The Bertz CT molecular complexity index is 1230. The molecule has 2 unspecified atom stereocenters. The zero-order valence-electron chi connectivity index (χ0n) is 19.4. The Kier molecular flexibility index (Phi) is 7.63. The third-order valence-corrected chi connectivity index (χ3v) is 6.62. The Morgan fingerprint density at radius 3 is 2.43 bits per heavy atom. The van der Waals surface area contributed by atoms with Gasteiger partial charge in [-0.2, -0.15) is 0 Å². The lowest BCUT2D eigenvalue weighted by atomic mass is 10.0. The van der Waals surface area contributed by atoms with Gasteiger partial charge in [0.1, 0.15) is 6.04 Å². The topological polar surface area (TPSA) is 49.9 Å². The number of nitrogens with zero attached hydrogens (tertiary/aromatic N) is 2. The fourth-order valence-electron chi connectivity index (χ4n) is 4.22. The van der Waals surface area contributed by atoms with Gasteiger partial charge in [-0.05, 0) is 54.8 Å². The first-order valence-electron chi connectivity index (χ1n) is 11.2. The summed E-state index contributed by atoms with van der Waals surface area (Å²) < 4.78 is 21.3. The molecule has 1 aliphatic rings. The van der Waals surface area contributed by atoms with Gasteiger partial charge in [-0.3, -0.25) is 9.59 Å². The molecule has 1 saturated heterocycles. The monoisotopic (exact) mass is 514 g/mol. The summed E-state index contributed by atoms with van der Waals surface area (Å²) in [5, 5.41) is 1.04. The third-order valence-electron chi connectivity index (χ3n) is 6.02. The molecule has 3 aromatic carbocycles. The Labute approximate surface area is 214 Å². The molecule has 8 heteroatoms. The molecule has 2 amide bonds. The van der Waals surface area contributed by atoms with E-state index in [0.717, 1.165) is 18.1 Å². The fourth-order valence-corrected chi connectivity index (χ4v) is 4.58. The van der Waals surface area contributed by atoms with E-state index in [2.05, 4.69) is 0 Å². The number of hydrogen-bond donors (Lipinski definition) is 0. The number of rotatable bonds is 6. The quantitative estimate of drug-likeness (QED) is 0.405. The van der Waals surface area contributed by atoms with Gasteiger partial charge in [0.15, 0.2) is 17.7 Å². The van der Waals surface area contributed by atoms with Crippen LogP contribution in [0.2, 0.25) is 10.0 Å². The summed E-state index contributed by atoms with van der Waals surface area (Å²) >= 11 is 12.5. The molecule has 1 aliphatic heterocycles. The molecule has 0 aliphatic carbocycles. The molecule has 0 N–H and O–H groups in total. The van der Waals surface area contributed by atoms with E-state index >= 15 is 4.39 Å².